The Morgan fingerprint density at radius 2 is 1.95 bits per heavy atom. The number of carbonyl (C=O) groups excluding carboxylic acids is 2. The summed E-state index contributed by atoms with van der Waals surface area (Å²) in [5.41, 5.74) is 0. The Bertz CT molecular complexity index is 517. The maximum atomic E-state index is 12.0. The van der Waals surface area contributed by atoms with Crippen LogP contribution in [-0.4, -0.2) is 42.6 Å². The van der Waals surface area contributed by atoms with Crippen LogP contribution in [0.4, 0.5) is 0 Å². The van der Waals surface area contributed by atoms with E-state index in [2.05, 4.69) is 15.9 Å². The van der Waals surface area contributed by atoms with Gasteiger partial charge in [0, 0.05) is 17.1 Å². The van der Waals surface area contributed by atoms with Crippen LogP contribution in [0.5, 0.6) is 5.75 Å². The van der Waals surface area contributed by atoms with Crippen LogP contribution in [-0.2, 0) is 14.3 Å². The highest BCUT2D eigenvalue weighted by atomic mass is 79.9. The van der Waals surface area contributed by atoms with E-state index in [0.29, 0.717) is 5.75 Å². The van der Waals surface area contributed by atoms with Crippen molar-refractivity contribution in [3.8, 4) is 5.75 Å². The summed E-state index contributed by atoms with van der Waals surface area (Å²) in [6.07, 6.45) is 3.16. The normalized spacial score (nSPS) is 17.9. The minimum Gasteiger partial charge on any atom is -0.482 e. The highest BCUT2D eigenvalue weighted by Crippen LogP contribution is 2.17. The number of hydrogen-bond donors (Lipinski definition) is 0. The number of benzene rings is 1. The molecule has 0 saturated carbocycles. The van der Waals surface area contributed by atoms with E-state index in [0.717, 1.165) is 30.3 Å². The van der Waals surface area contributed by atoms with Crippen molar-refractivity contribution in [3.63, 3.8) is 0 Å². The number of likely N-dealkylation sites (tertiary alicyclic amines) is 1. The zero-order chi connectivity index (χ0) is 15.9. The number of amides is 1. The second-order valence-electron chi connectivity index (χ2n) is 5.34. The first-order valence-electron chi connectivity index (χ1n) is 7.39. The quantitative estimate of drug-likeness (QED) is 0.748. The van der Waals surface area contributed by atoms with Crippen LogP contribution < -0.4 is 4.74 Å². The molecule has 5 nitrogen and oxygen atoms in total. The lowest BCUT2D eigenvalue weighted by molar-refractivity contribution is -0.154. The van der Waals surface area contributed by atoms with E-state index in [4.69, 9.17) is 9.47 Å². The summed E-state index contributed by atoms with van der Waals surface area (Å²) < 4.78 is 11.2. The highest BCUT2D eigenvalue weighted by Gasteiger charge is 2.23. The molecule has 6 heteroatoms. The van der Waals surface area contributed by atoms with E-state index in [1.807, 2.05) is 19.1 Å². The van der Waals surface area contributed by atoms with Gasteiger partial charge in [0.15, 0.2) is 13.2 Å². The first-order chi connectivity index (χ1) is 10.6. The lowest BCUT2D eigenvalue weighted by atomic mass is 10.0. The Morgan fingerprint density at radius 3 is 2.64 bits per heavy atom. The summed E-state index contributed by atoms with van der Waals surface area (Å²) in [6, 6.07) is 7.36. The predicted octanol–water partition coefficient (Wildman–Crippen LogP) is 2.77. The second-order valence-corrected chi connectivity index (χ2v) is 6.25. The van der Waals surface area contributed by atoms with Crippen LogP contribution >= 0.6 is 15.9 Å². The van der Waals surface area contributed by atoms with E-state index >= 15 is 0 Å². The van der Waals surface area contributed by atoms with E-state index in [9.17, 15) is 9.59 Å². The molecule has 0 aliphatic carbocycles. The van der Waals surface area contributed by atoms with E-state index in [-0.39, 0.29) is 25.2 Å². The fraction of sp³-hybridized carbons (Fsp3) is 0.500. The number of ether oxygens (including phenoxy) is 2. The molecule has 22 heavy (non-hydrogen) atoms. The van der Waals surface area contributed by atoms with Crippen molar-refractivity contribution in [3.05, 3.63) is 28.7 Å². The SMILES string of the molecule is CC1CCCCN1C(=O)COC(=O)COc1ccc(Br)cc1. The van der Waals surface area contributed by atoms with Gasteiger partial charge in [-0.15, -0.1) is 0 Å². The molecule has 0 spiro atoms. The predicted molar refractivity (Wildman–Crippen MR) is 85.6 cm³/mol. The van der Waals surface area contributed by atoms with Crippen molar-refractivity contribution in [2.45, 2.75) is 32.2 Å². The zero-order valence-corrected chi connectivity index (χ0v) is 14.2. The van der Waals surface area contributed by atoms with E-state index in [1.165, 1.54) is 0 Å². The van der Waals surface area contributed by atoms with Gasteiger partial charge in [-0.25, -0.2) is 4.79 Å². The third-order valence-corrected chi connectivity index (χ3v) is 4.18. The van der Waals surface area contributed by atoms with Crippen molar-refractivity contribution >= 4 is 27.8 Å². The summed E-state index contributed by atoms with van der Waals surface area (Å²) in [4.78, 5) is 25.4. The van der Waals surface area contributed by atoms with Crippen LogP contribution in [0.25, 0.3) is 0 Å². The molecule has 0 radical (unpaired) electrons. The molecular formula is C16H20BrNO4. The molecule has 1 heterocycles. The first kappa shape index (κ1) is 16.8. The molecule has 120 valence electrons. The number of hydrogen-bond acceptors (Lipinski definition) is 4. The van der Waals surface area contributed by atoms with Gasteiger partial charge in [0.2, 0.25) is 0 Å². The Balaban J connectivity index is 1.70. The van der Waals surface area contributed by atoms with Crippen LogP contribution in [0.15, 0.2) is 28.7 Å². The highest BCUT2D eigenvalue weighted by molar-refractivity contribution is 9.10. The largest absolute Gasteiger partial charge is 0.482 e. The molecule has 1 unspecified atom stereocenters. The van der Waals surface area contributed by atoms with Gasteiger partial charge in [0.25, 0.3) is 5.91 Å². The number of nitrogens with zero attached hydrogens (tertiary/aromatic N) is 1. The van der Waals surface area contributed by atoms with Crippen LogP contribution in [0, 0.1) is 0 Å². The van der Waals surface area contributed by atoms with Gasteiger partial charge in [-0.2, -0.15) is 0 Å². The number of carbonyl (C=O) groups is 2. The van der Waals surface area contributed by atoms with Crippen LogP contribution in [0.3, 0.4) is 0 Å². The second kappa shape index (κ2) is 8.17. The molecule has 1 aliphatic heterocycles. The first-order valence-corrected chi connectivity index (χ1v) is 8.19. The average Bonchev–Trinajstić information content (AvgIpc) is 2.52. The molecule has 0 N–H and O–H groups in total. The minimum atomic E-state index is -0.541. The molecule has 1 aromatic rings. The van der Waals surface area contributed by atoms with Crippen molar-refractivity contribution < 1.29 is 19.1 Å². The Labute approximate surface area is 138 Å². The summed E-state index contributed by atoms with van der Waals surface area (Å²) in [5.74, 6) is -0.0961. The zero-order valence-electron chi connectivity index (χ0n) is 12.6. The van der Waals surface area contributed by atoms with Crippen molar-refractivity contribution in [2.24, 2.45) is 0 Å². The Morgan fingerprint density at radius 1 is 1.23 bits per heavy atom. The summed E-state index contributed by atoms with van der Waals surface area (Å²) >= 11 is 3.32. The van der Waals surface area contributed by atoms with E-state index < -0.39 is 5.97 Å². The molecule has 1 atom stereocenters. The molecule has 1 amide bonds. The number of esters is 1. The third-order valence-electron chi connectivity index (χ3n) is 3.65. The van der Waals surface area contributed by atoms with E-state index in [1.54, 1.807) is 17.0 Å². The standard InChI is InChI=1S/C16H20BrNO4/c1-12-4-2-3-9-18(12)15(19)10-22-16(20)11-21-14-7-5-13(17)6-8-14/h5-8,12H,2-4,9-11H2,1H3. The van der Waals surface area contributed by atoms with Gasteiger partial charge >= 0.3 is 5.97 Å². The van der Waals surface area contributed by atoms with Gasteiger partial charge in [0.05, 0.1) is 0 Å². The van der Waals surface area contributed by atoms with Crippen LogP contribution in [0.2, 0.25) is 0 Å². The molecule has 0 aromatic heterocycles. The molecule has 1 aromatic carbocycles. The molecule has 0 bridgehead atoms. The lowest BCUT2D eigenvalue weighted by Crippen LogP contribution is -2.44. The topological polar surface area (TPSA) is 55.8 Å². The third kappa shape index (κ3) is 5.02. The number of halogens is 1. The summed E-state index contributed by atoms with van der Waals surface area (Å²) in [7, 11) is 0. The maximum absolute atomic E-state index is 12.0. The van der Waals surface area contributed by atoms with Crippen molar-refractivity contribution in [1.82, 2.24) is 4.90 Å². The fourth-order valence-corrected chi connectivity index (χ4v) is 2.67. The van der Waals surface area contributed by atoms with Crippen molar-refractivity contribution in [1.29, 1.82) is 0 Å². The van der Waals surface area contributed by atoms with Gasteiger partial charge in [-0.05, 0) is 50.5 Å². The molecular weight excluding hydrogens is 350 g/mol. The average molecular weight is 370 g/mol. The fourth-order valence-electron chi connectivity index (χ4n) is 2.41. The number of piperidine rings is 1. The monoisotopic (exact) mass is 369 g/mol. The molecule has 1 saturated heterocycles. The van der Waals surface area contributed by atoms with Gasteiger partial charge < -0.3 is 14.4 Å². The van der Waals surface area contributed by atoms with Gasteiger partial charge in [-0.3, -0.25) is 4.79 Å². The Kier molecular flexibility index (Phi) is 6.24. The van der Waals surface area contributed by atoms with Gasteiger partial charge in [-0.1, -0.05) is 15.9 Å². The lowest BCUT2D eigenvalue weighted by Gasteiger charge is -2.33. The summed E-state index contributed by atoms with van der Waals surface area (Å²) in [6.45, 7) is 2.35. The van der Waals surface area contributed by atoms with Crippen LogP contribution in [0.1, 0.15) is 26.2 Å². The minimum absolute atomic E-state index is 0.135. The molecule has 1 aliphatic rings. The molecule has 2 rings (SSSR count). The number of rotatable bonds is 5. The summed E-state index contributed by atoms with van der Waals surface area (Å²) in [5, 5.41) is 0. The smallest absolute Gasteiger partial charge is 0.344 e. The molecule has 1 fully saturated rings. The van der Waals surface area contributed by atoms with Gasteiger partial charge in [0.1, 0.15) is 5.75 Å². The maximum Gasteiger partial charge on any atom is 0.344 e. The van der Waals surface area contributed by atoms with Crippen molar-refractivity contribution in [2.75, 3.05) is 19.8 Å². The Hall–Kier alpha value is -1.56.